The number of hydrogen-bond acceptors (Lipinski definition) is 4. The minimum atomic E-state index is -0.540. The van der Waals surface area contributed by atoms with Gasteiger partial charge >= 0.3 is 0 Å². The van der Waals surface area contributed by atoms with Crippen LogP contribution < -0.4 is 5.43 Å². The van der Waals surface area contributed by atoms with E-state index in [1.165, 1.54) is 17.6 Å². The fourth-order valence-electron chi connectivity index (χ4n) is 0.568. The van der Waals surface area contributed by atoms with Gasteiger partial charge in [-0.25, -0.2) is 5.43 Å². The molecule has 1 aromatic rings. The molecule has 0 aliphatic rings. The molecule has 0 aliphatic heterocycles. The van der Waals surface area contributed by atoms with Gasteiger partial charge < -0.3 is 5.11 Å². The Hall–Kier alpha value is -1.20. The van der Waals surface area contributed by atoms with Gasteiger partial charge in [0.15, 0.2) is 0 Å². The molecule has 0 saturated carbocycles. The summed E-state index contributed by atoms with van der Waals surface area (Å²) in [6.45, 7) is -0.540. The van der Waals surface area contributed by atoms with Crippen LogP contribution in [0.5, 0.6) is 0 Å². The van der Waals surface area contributed by atoms with Gasteiger partial charge in [-0.3, -0.25) is 4.79 Å². The number of aliphatic hydroxyl groups excluding tert-OH is 1. The van der Waals surface area contributed by atoms with Crippen molar-refractivity contribution < 1.29 is 9.90 Å². The zero-order valence-corrected chi connectivity index (χ0v) is 7.04. The van der Waals surface area contributed by atoms with Crippen molar-refractivity contribution in [3.05, 3.63) is 22.4 Å². The van der Waals surface area contributed by atoms with Crippen LogP contribution in [0.4, 0.5) is 0 Å². The second kappa shape index (κ2) is 4.63. The molecular formula is C7H8N2O2S. The van der Waals surface area contributed by atoms with Crippen molar-refractivity contribution in [2.45, 2.75) is 0 Å². The van der Waals surface area contributed by atoms with Gasteiger partial charge in [-0.1, -0.05) is 6.07 Å². The highest BCUT2D eigenvalue weighted by molar-refractivity contribution is 7.11. The Morgan fingerprint density at radius 1 is 1.83 bits per heavy atom. The summed E-state index contributed by atoms with van der Waals surface area (Å²) in [6, 6.07) is 3.76. The summed E-state index contributed by atoms with van der Waals surface area (Å²) in [5.74, 6) is -0.511. The molecule has 0 spiro atoms. The molecule has 0 fully saturated rings. The Balaban J connectivity index is 2.37. The molecule has 64 valence electrons. The van der Waals surface area contributed by atoms with Crippen LogP contribution in [0.1, 0.15) is 4.88 Å². The number of rotatable bonds is 3. The second-order valence-electron chi connectivity index (χ2n) is 1.97. The molecule has 1 amide bonds. The first-order chi connectivity index (χ1) is 5.83. The fourth-order valence-corrected chi connectivity index (χ4v) is 1.15. The third kappa shape index (κ3) is 2.81. The first-order valence-electron chi connectivity index (χ1n) is 3.29. The Kier molecular flexibility index (Phi) is 3.43. The van der Waals surface area contributed by atoms with E-state index in [0.29, 0.717) is 0 Å². The molecule has 1 aromatic heterocycles. The molecule has 0 aliphatic carbocycles. The lowest BCUT2D eigenvalue weighted by Crippen LogP contribution is -2.20. The van der Waals surface area contributed by atoms with Crippen LogP contribution in [0, 0.1) is 0 Å². The lowest BCUT2D eigenvalue weighted by Gasteiger charge is -1.91. The molecule has 1 rings (SSSR count). The van der Waals surface area contributed by atoms with Crippen molar-refractivity contribution in [3.63, 3.8) is 0 Å². The van der Waals surface area contributed by atoms with Gasteiger partial charge in [0, 0.05) is 4.88 Å². The minimum absolute atomic E-state index is 0.511. The molecule has 0 bridgehead atoms. The molecule has 0 saturated heterocycles. The number of thiophene rings is 1. The summed E-state index contributed by atoms with van der Waals surface area (Å²) >= 11 is 1.52. The van der Waals surface area contributed by atoms with E-state index in [-0.39, 0.29) is 0 Å². The predicted octanol–water partition coefficient (Wildman–Crippen LogP) is 0.190. The quantitative estimate of drug-likeness (QED) is 0.520. The molecule has 4 nitrogen and oxygen atoms in total. The smallest absolute Gasteiger partial charge is 0.265 e. The van der Waals surface area contributed by atoms with Crippen LogP contribution >= 0.6 is 11.3 Å². The van der Waals surface area contributed by atoms with E-state index in [4.69, 9.17) is 5.11 Å². The van der Waals surface area contributed by atoms with Gasteiger partial charge in [0.1, 0.15) is 6.61 Å². The zero-order valence-electron chi connectivity index (χ0n) is 6.23. The van der Waals surface area contributed by atoms with Crippen LogP contribution in [-0.4, -0.2) is 23.8 Å². The third-order valence-electron chi connectivity index (χ3n) is 1.07. The molecule has 5 heteroatoms. The van der Waals surface area contributed by atoms with E-state index < -0.39 is 12.5 Å². The van der Waals surface area contributed by atoms with E-state index in [9.17, 15) is 4.79 Å². The number of carbonyl (C=O) groups excluding carboxylic acids is 1. The lowest BCUT2D eigenvalue weighted by molar-refractivity contribution is -0.123. The van der Waals surface area contributed by atoms with Crippen LogP contribution in [-0.2, 0) is 4.79 Å². The molecule has 0 aromatic carbocycles. The Morgan fingerprint density at radius 3 is 3.25 bits per heavy atom. The average Bonchev–Trinajstić information content (AvgIpc) is 2.57. The summed E-state index contributed by atoms with van der Waals surface area (Å²) in [6.07, 6.45) is 1.53. The predicted molar refractivity (Wildman–Crippen MR) is 47.1 cm³/mol. The van der Waals surface area contributed by atoms with Crippen molar-refractivity contribution in [1.82, 2.24) is 5.43 Å². The summed E-state index contributed by atoms with van der Waals surface area (Å²) in [4.78, 5) is 11.4. The topological polar surface area (TPSA) is 61.7 Å². The number of nitrogens with one attached hydrogen (secondary N) is 1. The number of hydrazone groups is 1. The standard InChI is InChI=1S/C7H8N2O2S/c10-5-7(11)9-8-4-6-2-1-3-12-6/h1-4,10H,5H2,(H,9,11)/b8-4+. The Labute approximate surface area is 73.5 Å². The Bertz CT molecular complexity index is 269. The van der Waals surface area contributed by atoms with Gasteiger partial charge in [-0.15, -0.1) is 11.3 Å². The maximum absolute atomic E-state index is 10.5. The van der Waals surface area contributed by atoms with E-state index in [0.717, 1.165) is 4.88 Å². The highest BCUT2D eigenvalue weighted by Crippen LogP contribution is 2.03. The van der Waals surface area contributed by atoms with Gasteiger partial charge in [-0.2, -0.15) is 5.10 Å². The van der Waals surface area contributed by atoms with Crippen molar-refractivity contribution in [2.75, 3.05) is 6.61 Å². The monoisotopic (exact) mass is 184 g/mol. The normalized spacial score (nSPS) is 10.4. The fraction of sp³-hybridized carbons (Fsp3) is 0.143. The highest BCUT2D eigenvalue weighted by Gasteiger charge is 1.92. The number of aliphatic hydroxyl groups is 1. The van der Waals surface area contributed by atoms with E-state index >= 15 is 0 Å². The molecule has 2 N–H and O–H groups in total. The van der Waals surface area contributed by atoms with Gasteiger partial charge in [-0.05, 0) is 11.4 Å². The minimum Gasteiger partial charge on any atom is -0.386 e. The first-order valence-corrected chi connectivity index (χ1v) is 4.17. The Morgan fingerprint density at radius 2 is 2.67 bits per heavy atom. The third-order valence-corrected chi connectivity index (χ3v) is 1.87. The largest absolute Gasteiger partial charge is 0.386 e. The van der Waals surface area contributed by atoms with Crippen LogP contribution in [0.25, 0.3) is 0 Å². The van der Waals surface area contributed by atoms with E-state index in [1.807, 2.05) is 17.5 Å². The molecule has 1 heterocycles. The van der Waals surface area contributed by atoms with Crippen LogP contribution in [0.3, 0.4) is 0 Å². The molecular weight excluding hydrogens is 176 g/mol. The number of amides is 1. The van der Waals surface area contributed by atoms with Crippen molar-refractivity contribution in [1.29, 1.82) is 0 Å². The van der Waals surface area contributed by atoms with Crippen LogP contribution in [0.15, 0.2) is 22.6 Å². The maximum Gasteiger partial charge on any atom is 0.265 e. The van der Waals surface area contributed by atoms with E-state index in [2.05, 4.69) is 10.5 Å². The molecule has 0 atom stereocenters. The number of nitrogens with zero attached hydrogens (tertiary/aromatic N) is 1. The van der Waals surface area contributed by atoms with Gasteiger partial charge in [0.25, 0.3) is 5.91 Å². The van der Waals surface area contributed by atoms with E-state index in [1.54, 1.807) is 0 Å². The summed E-state index contributed by atoms with van der Waals surface area (Å²) in [5.41, 5.74) is 2.16. The average molecular weight is 184 g/mol. The zero-order chi connectivity index (χ0) is 8.81. The molecule has 0 radical (unpaired) electrons. The number of carbonyl (C=O) groups is 1. The second-order valence-corrected chi connectivity index (χ2v) is 2.95. The number of hydrogen-bond donors (Lipinski definition) is 2. The van der Waals surface area contributed by atoms with Crippen molar-refractivity contribution in [2.24, 2.45) is 5.10 Å². The molecule has 0 unspecified atom stereocenters. The molecule has 12 heavy (non-hydrogen) atoms. The van der Waals surface area contributed by atoms with Gasteiger partial charge in [0.2, 0.25) is 0 Å². The summed E-state index contributed by atoms with van der Waals surface area (Å²) < 4.78 is 0. The van der Waals surface area contributed by atoms with Crippen LogP contribution in [0.2, 0.25) is 0 Å². The van der Waals surface area contributed by atoms with Gasteiger partial charge in [0.05, 0.1) is 6.21 Å². The summed E-state index contributed by atoms with van der Waals surface area (Å²) in [7, 11) is 0. The lowest BCUT2D eigenvalue weighted by atomic mass is 10.5. The first kappa shape index (κ1) is 8.89. The SMILES string of the molecule is O=C(CO)N/N=C/c1cccs1. The van der Waals surface area contributed by atoms with Crippen molar-refractivity contribution in [3.8, 4) is 0 Å². The maximum atomic E-state index is 10.5. The van der Waals surface area contributed by atoms with Crippen molar-refractivity contribution >= 4 is 23.5 Å². The summed E-state index contributed by atoms with van der Waals surface area (Å²) in [5, 5.41) is 13.8. The highest BCUT2D eigenvalue weighted by atomic mass is 32.1.